The van der Waals surface area contributed by atoms with Crippen LogP contribution >= 0.6 is 0 Å². The number of carbonyl (C=O) groups excluding carboxylic acids is 1. The fraction of sp³-hybridized carbons (Fsp3) is 0.750. The molecule has 124 valence electrons. The van der Waals surface area contributed by atoms with Crippen LogP contribution in [0.15, 0.2) is 12.5 Å². The van der Waals surface area contributed by atoms with E-state index in [4.69, 9.17) is 4.74 Å². The van der Waals surface area contributed by atoms with Gasteiger partial charge in [0.25, 0.3) is 0 Å². The molecule has 1 saturated heterocycles. The Labute approximate surface area is 132 Å². The van der Waals surface area contributed by atoms with Crippen molar-refractivity contribution < 1.29 is 9.53 Å². The summed E-state index contributed by atoms with van der Waals surface area (Å²) in [5.41, 5.74) is 0.792. The van der Waals surface area contributed by atoms with Gasteiger partial charge in [-0.1, -0.05) is 0 Å². The third-order valence-electron chi connectivity index (χ3n) is 3.83. The van der Waals surface area contributed by atoms with Crippen molar-refractivity contribution in [2.75, 3.05) is 19.6 Å². The van der Waals surface area contributed by atoms with Crippen LogP contribution in [-0.2, 0) is 18.2 Å². The van der Waals surface area contributed by atoms with Crippen LogP contribution < -0.4 is 5.32 Å². The van der Waals surface area contributed by atoms with Gasteiger partial charge >= 0.3 is 6.09 Å². The maximum absolute atomic E-state index is 11.9. The summed E-state index contributed by atoms with van der Waals surface area (Å²) in [5.74, 6) is 0. The van der Waals surface area contributed by atoms with Crippen molar-refractivity contribution in [2.24, 2.45) is 7.05 Å². The number of carbonyl (C=O) groups is 1. The number of amides is 1. The van der Waals surface area contributed by atoms with E-state index >= 15 is 0 Å². The van der Waals surface area contributed by atoms with Gasteiger partial charge in [0.15, 0.2) is 0 Å². The molecule has 2 heterocycles. The standard InChI is InChI=1S/C16H28N4O2/c1-16(2,3)22-15(21)18-13-6-5-8-20(11-13)9-7-14-10-17-12-19(14)4/h10,12-13H,5-9,11H2,1-4H3,(H,18,21)/t13-/m0/s1. The molecule has 1 aromatic rings. The molecule has 1 fully saturated rings. The topological polar surface area (TPSA) is 59.4 Å². The number of nitrogens with zero attached hydrogens (tertiary/aromatic N) is 3. The van der Waals surface area contributed by atoms with Crippen LogP contribution in [0.3, 0.4) is 0 Å². The molecule has 1 atom stereocenters. The lowest BCUT2D eigenvalue weighted by Crippen LogP contribution is -2.49. The summed E-state index contributed by atoms with van der Waals surface area (Å²) in [7, 11) is 2.02. The molecule has 0 aliphatic carbocycles. The lowest BCUT2D eigenvalue weighted by Gasteiger charge is -2.33. The summed E-state index contributed by atoms with van der Waals surface area (Å²) in [6.07, 6.45) is 6.54. The van der Waals surface area contributed by atoms with Crippen LogP contribution in [0.1, 0.15) is 39.3 Å². The zero-order valence-corrected chi connectivity index (χ0v) is 14.1. The van der Waals surface area contributed by atoms with Gasteiger partial charge < -0.3 is 19.5 Å². The van der Waals surface area contributed by atoms with Crippen LogP contribution in [0.5, 0.6) is 0 Å². The number of likely N-dealkylation sites (tertiary alicyclic amines) is 1. The Balaban J connectivity index is 1.77. The molecule has 6 nitrogen and oxygen atoms in total. The zero-order chi connectivity index (χ0) is 16.2. The van der Waals surface area contributed by atoms with E-state index in [0.717, 1.165) is 38.9 Å². The lowest BCUT2D eigenvalue weighted by molar-refractivity contribution is 0.0472. The van der Waals surface area contributed by atoms with E-state index in [0.29, 0.717) is 0 Å². The zero-order valence-electron chi connectivity index (χ0n) is 14.1. The van der Waals surface area contributed by atoms with Gasteiger partial charge in [-0.2, -0.15) is 0 Å². The smallest absolute Gasteiger partial charge is 0.407 e. The number of alkyl carbamates (subject to hydrolysis) is 1. The van der Waals surface area contributed by atoms with E-state index in [1.165, 1.54) is 5.69 Å². The number of hydrogen-bond acceptors (Lipinski definition) is 4. The van der Waals surface area contributed by atoms with Crippen molar-refractivity contribution in [3.63, 3.8) is 0 Å². The van der Waals surface area contributed by atoms with Crippen LogP contribution in [-0.4, -0.2) is 51.8 Å². The first-order chi connectivity index (χ1) is 10.3. The van der Waals surface area contributed by atoms with Gasteiger partial charge in [0.1, 0.15) is 5.60 Å². The Morgan fingerprint density at radius 3 is 2.91 bits per heavy atom. The van der Waals surface area contributed by atoms with E-state index in [-0.39, 0.29) is 12.1 Å². The molecule has 0 unspecified atom stereocenters. The van der Waals surface area contributed by atoms with Crippen LogP contribution in [0.4, 0.5) is 4.79 Å². The summed E-state index contributed by atoms with van der Waals surface area (Å²) in [6, 6.07) is 0.176. The Morgan fingerprint density at radius 2 is 2.27 bits per heavy atom. The molecular formula is C16H28N4O2. The van der Waals surface area contributed by atoms with Crippen molar-refractivity contribution in [3.05, 3.63) is 18.2 Å². The maximum Gasteiger partial charge on any atom is 0.407 e. The van der Waals surface area contributed by atoms with E-state index in [1.54, 1.807) is 0 Å². The molecule has 22 heavy (non-hydrogen) atoms. The second-order valence-electron chi connectivity index (χ2n) is 7.03. The Hall–Kier alpha value is -1.56. The molecule has 1 N–H and O–H groups in total. The highest BCUT2D eigenvalue weighted by Gasteiger charge is 2.24. The maximum atomic E-state index is 11.9. The molecule has 0 aromatic carbocycles. The molecule has 2 rings (SSSR count). The molecule has 0 saturated carbocycles. The van der Waals surface area contributed by atoms with Gasteiger partial charge in [-0.05, 0) is 40.2 Å². The van der Waals surface area contributed by atoms with Crippen LogP contribution in [0.2, 0.25) is 0 Å². The largest absolute Gasteiger partial charge is 0.444 e. The van der Waals surface area contributed by atoms with Crippen LogP contribution in [0, 0.1) is 0 Å². The van der Waals surface area contributed by atoms with E-state index in [9.17, 15) is 4.79 Å². The molecule has 1 amide bonds. The summed E-state index contributed by atoms with van der Waals surface area (Å²) < 4.78 is 7.39. The molecule has 0 radical (unpaired) electrons. The fourth-order valence-corrected chi connectivity index (χ4v) is 2.75. The average Bonchev–Trinajstić information content (AvgIpc) is 2.80. The molecule has 1 aliphatic rings. The summed E-state index contributed by atoms with van der Waals surface area (Å²) >= 11 is 0. The summed E-state index contributed by atoms with van der Waals surface area (Å²) in [5, 5.41) is 2.99. The Morgan fingerprint density at radius 1 is 1.50 bits per heavy atom. The van der Waals surface area contributed by atoms with Gasteiger partial charge in [-0.25, -0.2) is 9.78 Å². The molecular weight excluding hydrogens is 280 g/mol. The number of nitrogens with one attached hydrogen (secondary N) is 1. The van der Waals surface area contributed by atoms with Gasteiger partial charge in [0.2, 0.25) is 0 Å². The Kier molecular flexibility index (Phi) is 5.45. The number of piperidine rings is 1. The first kappa shape index (κ1) is 16.8. The van der Waals surface area contributed by atoms with E-state index in [1.807, 2.05) is 40.3 Å². The van der Waals surface area contributed by atoms with Crippen molar-refractivity contribution in [1.29, 1.82) is 0 Å². The highest BCUT2D eigenvalue weighted by molar-refractivity contribution is 5.68. The van der Waals surface area contributed by atoms with Crippen molar-refractivity contribution >= 4 is 6.09 Å². The quantitative estimate of drug-likeness (QED) is 0.923. The van der Waals surface area contributed by atoms with Crippen molar-refractivity contribution in [2.45, 2.75) is 51.7 Å². The molecule has 1 aromatic heterocycles. The number of imidazole rings is 1. The predicted molar refractivity (Wildman–Crippen MR) is 85.7 cm³/mol. The molecule has 6 heteroatoms. The minimum absolute atomic E-state index is 0.176. The van der Waals surface area contributed by atoms with Gasteiger partial charge in [0, 0.05) is 44.5 Å². The van der Waals surface area contributed by atoms with Gasteiger partial charge in [-0.15, -0.1) is 0 Å². The lowest BCUT2D eigenvalue weighted by atomic mass is 10.1. The van der Waals surface area contributed by atoms with Crippen molar-refractivity contribution in [1.82, 2.24) is 19.8 Å². The number of aromatic nitrogens is 2. The second-order valence-corrected chi connectivity index (χ2v) is 7.03. The first-order valence-electron chi connectivity index (χ1n) is 8.00. The summed E-state index contributed by atoms with van der Waals surface area (Å²) in [6.45, 7) is 8.61. The third-order valence-corrected chi connectivity index (χ3v) is 3.83. The molecule has 0 spiro atoms. The van der Waals surface area contributed by atoms with Gasteiger partial charge in [-0.3, -0.25) is 0 Å². The van der Waals surface area contributed by atoms with Crippen molar-refractivity contribution in [3.8, 4) is 0 Å². The first-order valence-corrected chi connectivity index (χ1v) is 8.00. The number of rotatable bonds is 4. The van der Waals surface area contributed by atoms with E-state index < -0.39 is 5.60 Å². The molecule has 0 bridgehead atoms. The minimum atomic E-state index is -0.446. The predicted octanol–water partition coefficient (Wildman–Crippen LogP) is 1.95. The number of aryl methyl sites for hydroxylation is 1. The Bertz CT molecular complexity index is 493. The number of hydrogen-bond donors (Lipinski definition) is 1. The molecule has 1 aliphatic heterocycles. The third kappa shape index (κ3) is 5.33. The SMILES string of the molecule is Cn1cncc1CCN1CCC[C@H](NC(=O)OC(C)(C)C)C1. The van der Waals surface area contributed by atoms with E-state index in [2.05, 4.69) is 19.8 Å². The monoisotopic (exact) mass is 308 g/mol. The summed E-state index contributed by atoms with van der Waals surface area (Å²) in [4.78, 5) is 18.4. The highest BCUT2D eigenvalue weighted by Crippen LogP contribution is 2.13. The second kappa shape index (κ2) is 7.13. The van der Waals surface area contributed by atoms with Gasteiger partial charge in [0.05, 0.1) is 6.33 Å². The number of ether oxygens (including phenoxy) is 1. The highest BCUT2D eigenvalue weighted by atomic mass is 16.6. The average molecular weight is 308 g/mol. The fourth-order valence-electron chi connectivity index (χ4n) is 2.75. The van der Waals surface area contributed by atoms with Crippen LogP contribution in [0.25, 0.3) is 0 Å². The normalized spacial score (nSPS) is 19.9. The minimum Gasteiger partial charge on any atom is -0.444 e.